The van der Waals surface area contributed by atoms with E-state index in [4.69, 9.17) is 4.42 Å². The summed E-state index contributed by atoms with van der Waals surface area (Å²) in [6, 6.07) is 7.19. The molecule has 1 aromatic carbocycles. The molecule has 0 radical (unpaired) electrons. The molecule has 0 aliphatic heterocycles. The number of carbonyl (C=O) groups excluding carboxylic acids is 1. The summed E-state index contributed by atoms with van der Waals surface area (Å²) in [6.07, 6.45) is 1.57. The first-order valence-electron chi connectivity index (χ1n) is 5.83. The van der Waals surface area contributed by atoms with Gasteiger partial charge in [0.25, 0.3) is 0 Å². The molecule has 0 unspecified atom stereocenters. The average molecular weight is 400 g/mol. The van der Waals surface area contributed by atoms with Crippen molar-refractivity contribution in [3.8, 4) is 0 Å². The molecule has 1 amide bonds. The van der Waals surface area contributed by atoms with Crippen molar-refractivity contribution in [1.82, 2.24) is 5.43 Å². The van der Waals surface area contributed by atoms with Gasteiger partial charge in [-0.15, -0.1) is 0 Å². The first-order valence-corrected chi connectivity index (χ1v) is 7.41. The lowest BCUT2D eigenvalue weighted by molar-refractivity contribution is 0.0926. The number of rotatable bonds is 3. The third-order valence-corrected chi connectivity index (χ3v) is 4.29. The SMILES string of the molecule is Cc1ccc(C(=O)N/N=C/c2cc(Br)c(C)c(Br)c2)o1. The molecule has 104 valence electrons. The van der Waals surface area contributed by atoms with Gasteiger partial charge in [-0.1, -0.05) is 31.9 Å². The van der Waals surface area contributed by atoms with Crippen LogP contribution in [-0.4, -0.2) is 12.1 Å². The molecular weight excluding hydrogens is 388 g/mol. The van der Waals surface area contributed by atoms with E-state index < -0.39 is 0 Å². The second kappa shape index (κ2) is 6.37. The van der Waals surface area contributed by atoms with Gasteiger partial charge in [0.1, 0.15) is 5.76 Å². The normalized spacial score (nSPS) is 11.0. The number of carbonyl (C=O) groups is 1. The van der Waals surface area contributed by atoms with Crippen molar-refractivity contribution >= 4 is 44.0 Å². The lowest BCUT2D eigenvalue weighted by atomic mass is 10.2. The number of nitrogens with zero attached hydrogens (tertiary/aromatic N) is 1. The quantitative estimate of drug-likeness (QED) is 0.621. The number of aryl methyl sites for hydroxylation is 1. The molecule has 0 spiro atoms. The monoisotopic (exact) mass is 398 g/mol. The van der Waals surface area contributed by atoms with Crippen molar-refractivity contribution in [2.75, 3.05) is 0 Å². The minimum absolute atomic E-state index is 0.242. The first kappa shape index (κ1) is 15.0. The van der Waals surface area contributed by atoms with Gasteiger partial charge in [-0.2, -0.15) is 5.10 Å². The molecule has 0 aliphatic carbocycles. The summed E-state index contributed by atoms with van der Waals surface area (Å²) in [5, 5.41) is 3.91. The molecule has 0 fully saturated rings. The van der Waals surface area contributed by atoms with Crippen LogP contribution in [0.3, 0.4) is 0 Å². The van der Waals surface area contributed by atoms with Gasteiger partial charge in [0.2, 0.25) is 0 Å². The summed E-state index contributed by atoms with van der Waals surface area (Å²) < 4.78 is 7.15. The molecule has 0 bridgehead atoms. The third kappa shape index (κ3) is 3.58. The molecule has 20 heavy (non-hydrogen) atoms. The molecule has 2 rings (SSSR count). The molecule has 2 aromatic rings. The smallest absolute Gasteiger partial charge is 0.307 e. The molecule has 1 heterocycles. The Hall–Kier alpha value is -1.40. The van der Waals surface area contributed by atoms with Crippen LogP contribution in [-0.2, 0) is 0 Å². The van der Waals surface area contributed by atoms with Gasteiger partial charge >= 0.3 is 5.91 Å². The predicted molar refractivity (Wildman–Crippen MR) is 85.1 cm³/mol. The van der Waals surface area contributed by atoms with Gasteiger partial charge in [-0.05, 0) is 49.2 Å². The Bertz CT molecular complexity index is 655. The van der Waals surface area contributed by atoms with Crippen molar-refractivity contribution in [1.29, 1.82) is 0 Å². The molecule has 1 N–H and O–H groups in total. The lowest BCUT2D eigenvalue weighted by Gasteiger charge is -2.03. The fraction of sp³-hybridized carbons (Fsp3) is 0.143. The van der Waals surface area contributed by atoms with Crippen LogP contribution in [0.4, 0.5) is 0 Å². The van der Waals surface area contributed by atoms with E-state index in [0.717, 1.165) is 20.1 Å². The number of benzene rings is 1. The summed E-state index contributed by atoms with van der Waals surface area (Å²) in [5.74, 6) is 0.552. The Labute approximate surface area is 133 Å². The van der Waals surface area contributed by atoms with Crippen molar-refractivity contribution < 1.29 is 9.21 Å². The van der Waals surface area contributed by atoms with Crippen molar-refractivity contribution in [3.63, 3.8) is 0 Å². The summed E-state index contributed by atoms with van der Waals surface area (Å²) >= 11 is 6.93. The Kier molecular flexibility index (Phi) is 4.77. The van der Waals surface area contributed by atoms with E-state index in [1.807, 2.05) is 19.1 Å². The highest BCUT2D eigenvalue weighted by Crippen LogP contribution is 2.25. The fourth-order valence-electron chi connectivity index (χ4n) is 1.52. The van der Waals surface area contributed by atoms with E-state index in [2.05, 4.69) is 42.4 Å². The number of hydrazone groups is 1. The highest BCUT2D eigenvalue weighted by atomic mass is 79.9. The lowest BCUT2D eigenvalue weighted by Crippen LogP contribution is -2.16. The largest absolute Gasteiger partial charge is 0.456 e. The van der Waals surface area contributed by atoms with Crippen LogP contribution in [0.1, 0.15) is 27.4 Å². The number of hydrogen-bond acceptors (Lipinski definition) is 3. The van der Waals surface area contributed by atoms with Crippen LogP contribution < -0.4 is 5.43 Å². The Morgan fingerprint density at radius 2 is 1.90 bits per heavy atom. The standard InChI is InChI=1S/C14H12Br2N2O2/c1-8-3-4-13(20-8)14(19)18-17-7-10-5-11(15)9(2)12(16)6-10/h3-7H,1-2H3,(H,18,19)/b17-7+. The summed E-state index contributed by atoms with van der Waals surface area (Å²) in [4.78, 5) is 11.7. The number of amides is 1. The van der Waals surface area contributed by atoms with Crippen LogP contribution in [0, 0.1) is 13.8 Å². The minimum atomic E-state index is -0.375. The van der Waals surface area contributed by atoms with Gasteiger partial charge < -0.3 is 4.42 Å². The highest BCUT2D eigenvalue weighted by Gasteiger charge is 2.08. The van der Waals surface area contributed by atoms with Crippen LogP contribution in [0.2, 0.25) is 0 Å². The second-order valence-corrected chi connectivity index (χ2v) is 5.93. The van der Waals surface area contributed by atoms with Gasteiger partial charge in [-0.3, -0.25) is 4.79 Å². The third-order valence-electron chi connectivity index (χ3n) is 2.65. The van der Waals surface area contributed by atoms with Crippen LogP contribution >= 0.6 is 31.9 Å². The Morgan fingerprint density at radius 1 is 1.25 bits per heavy atom. The number of nitrogens with one attached hydrogen (secondary N) is 1. The number of furan rings is 1. The van der Waals surface area contributed by atoms with Crippen LogP contribution in [0.25, 0.3) is 0 Å². The molecule has 0 atom stereocenters. The van der Waals surface area contributed by atoms with E-state index in [1.165, 1.54) is 0 Å². The number of hydrogen-bond donors (Lipinski definition) is 1. The van der Waals surface area contributed by atoms with Crippen LogP contribution in [0.5, 0.6) is 0 Å². The van der Waals surface area contributed by atoms with Crippen molar-refractivity contribution in [2.45, 2.75) is 13.8 Å². The van der Waals surface area contributed by atoms with Gasteiger partial charge in [-0.25, -0.2) is 5.43 Å². The maximum atomic E-state index is 11.7. The maximum absolute atomic E-state index is 11.7. The maximum Gasteiger partial charge on any atom is 0.307 e. The fourth-order valence-corrected chi connectivity index (χ4v) is 2.74. The van der Waals surface area contributed by atoms with Gasteiger partial charge in [0.15, 0.2) is 5.76 Å². The van der Waals surface area contributed by atoms with E-state index in [1.54, 1.807) is 25.3 Å². The molecular formula is C14H12Br2N2O2. The predicted octanol–water partition coefficient (Wildman–Crippen LogP) is 4.19. The van der Waals surface area contributed by atoms with Gasteiger partial charge in [0, 0.05) is 8.95 Å². The van der Waals surface area contributed by atoms with Gasteiger partial charge in [0.05, 0.1) is 6.21 Å². The second-order valence-electron chi connectivity index (χ2n) is 4.22. The minimum Gasteiger partial charge on any atom is -0.456 e. The zero-order chi connectivity index (χ0) is 14.7. The van der Waals surface area contributed by atoms with E-state index in [9.17, 15) is 4.79 Å². The molecule has 0 saturated heterocycles. The average Bonchev–Trinajstić information content (AvgIpc) is 2.82. The van der Waals surface area contributed by atoms with Crippen molar-refractivity contribution in [3.05, 3.63) is 55.9 Å². The topological polar surface area (TPSA) is 54.6 Å². The summed E-state index contributed by atoms with van der Waals surface area (Å²) in [6.45, 7) is 3.78. The molecule has 0 saturated carbocycles. The van der Waals surface area contributed by atoms with Crippen LogP contribution in [0.15, 0.2) is 42.7 Å². The van der Waals surface area contributed by atoms with Crippen molar-refractivity contribution in [2.24, 2.45) is 5.10 Å². The first-order chi connectivity index (χ1) is 9.47. The van der Waals surface area contributed by atoms with E-state index >= 15 is 0 Å². The highest BCUT2D eigenvalue weighted by molar-refractivity contribution is 9.11. The van der Waals surface area contributed by atoms with E-state index in [0.29, 0.717) is 5.76 Å². The Morgan fingerprint density at radius 3 is 2.45 bits per heavy atom. The summed E-state index contributed by atoms with van der Waals surface area (Å²) in [5.41, 5.74) is 4.40. The summed E-state index contributed by atoms with van der Waals surface area (Å²) in [7, 11) is 0. The molecule has 1 aromatic heterocycles. The zero-order valence-corrected chi connectivity index (χ0v) is 14.1. The molecule has 6 heteroatoms. The zero-order valence-electron chi connectivity index (χ0n) is 10.9. The Balaban J connectivity index is 2.05. The van der Waals surface area contributed by atoms with E-state index in [-0.39, 0.29) is 11.7 Å². The molecule has 4 nitrogen and oxygen atoms in total. The number of halogens is 2. The molecule has 0 aliphatic rings.